The van der Waals surface area contributed by atoms with Crippen LogP contribution in [-0.2, 0) is 15.1 Å². The van der Waals surface area contributed by atoms with Gasteiger partial charge in [-0.1, -0.05) is 23.8 Å². The van der Waals surface area contributed by atoms with Crippen molar-refractivity contribution in [2.45, 2.75) is 65.5 Å². The van der Waals surface area contributed by atoms with E-state index in [0.717, 1.165) is 46.5 Å². The molecule has 0 saturated heterocycles. The minimum absolute atomic E-state index is 0.108. The second-order valence-corrected chi connectivity index (χ2v) is 13.5. The van der Waals surface area contributed by atoms with Crippen LogP contribution in [0.3, 0.4) is 0 Å². The van der Waals surface area contributed by atoms with E-state index < -0.39 is 16.9 Å². The molecular formula is C36H41FN4O4. The molecule has 1 fully saturated rings. The van der Waals surface area contributed by atoms with Gasteiger partial charge in [-0.2, -0.15) is 0 Å². The zero-order chi connectivity index (χ0) is 32.5. The van der Waals surface area contributed by atoms with Crippen molar-refractivity contribution in [2.75, 3.05) is 25.6 Å². The number of hydrogen-bond acceptors (Lipinski definition) is 6. The fourth-order valence-corrected chi connectivity index (χ4v) is 6.34. The Bertz CT molecular complexity index is 1780. The summed E-state index contributed by atoms with van der Waals surface area (Å²) in [6, 6.07) is 8.60. The average Bonchev–Trinajstić information content (AvgIpc) is 3.76. The molecule has 0 radical (unpaired) electrons. The number of hydrogen-bond donors (Lipinski definition) is 4. The molecule has 0 bridgehead atoms. The number of aryl methyl sites for hydroxylation is 1. The number of anilines is 1. The monoisotopic (exact) mass is 612 g/mol. The summed E-state index contributed by atoms with van der Waals surface area (Å²) < 4.78 is 26.2. The van der Waals surface area contributed by atoms with Crippen LogP contribution in [0.15, 0.2) is 70.2 Å². The quantitative estimate of drug-likeness (QED) is 0.317. The van der Waals surface area contributed by atoms with Gasteiger partial charge in [0, 0.05) is 28.9 Å². The number of fused-ring (bicyclic) bond motifs is 1. The minimum atomic E-state index is -1.05. The third-order valence-corrected chi connectivity index (χ3v) is 9.84. The molecule has 45 heavy (non-hydrogen) atoms. The highest BCUT2D eigenvalue weighted by Crippen LogP contribution is 2.50. The Morgan fingerprint density at radius 3 is 2.44 bits per heavy atom. The molecule has 2 amide bonds. The number of nitrogens with two attached hydrogens (primary N) is 1. The number of ether oxygens (including phenoxy) is 2. The largest absolute Gasteiger partial charge is 0.495 e. The SMILES string of the molecule is COc1cc(C(=O)NCC(C2=CC3=C(OC[C@]3(C)C(N)=O)C(C)(c3ccc(F)c(C)c3)N2)=C2CC2)cc2c1NC(C)(C)C(C)=C2. The first-order valence-electron chi connectivity index (χ1n) is 15.3. The second kappa shape index (κ2) is 10.5. The van der Waals surface area contributed by atoms with Crippen molar-refractivity contribution in [3.05, 3.63) is 98.2 Å². The van der Waals surface area contributed by atoms with Crippen LogP contribution in [0.2, 0.25) is 0 Å². The topological polar surface area (TPSA) is 115 Å². The molecule has 2 atom stereocenters. The first-order valence-corrected chi connectivity index (χ1v) is 15.3. The van der Waals surface area contributed by atoms with Gasteiger partial charge < -0.3 is 31.2 Å². The lowest BCUT2D eigenvalue weighted by Gasteiger charge is -2.39. The van der Waals surface area contributed by atoms with Gasteiger partial charge in [0.05, 0.1) is 18.3 Å². The standard InChI is InChI=1S/C36H41FN4O4/c1-19-12-24(10-11-27(19)37)36(6)31-26(35(5,18-45-31)33(38)43)16-28(40-36)25(21-8-9-21)17-39-32(42)23-14-22-13-20(2)34(3,4)41-30(22)29(15-23)44-7/h10-16,40-41H,8-9,17-18H2,1-7H3,(H2,38,43)(H,39,42)/t35-,36?/m0/s1. The predicted molar refractivity (Wildman–Crippen MR) is 173 cm³/mol. The van der Waals surface area contributed by atoms with E-state index in [4.69, 9.17) is 15.2 Å². The minimum Gasteiger partial charge on any atom is -0.495 e. The highest BCUT2D eigenvalue weighted by Gasteiger charge is 2.51. The van der Waals surface area contributed by atoms with Crippen LogP contribution in [0.4, 0.5) is 10.1 Å². The molecule has 0 spiro atoms. The van der Waals surface area contributed by atoms with Crippen LogP contribution < -0.4 is 26.4 Å². The van der Waals surface area contributed by atoms with E-state index in [1.807, 2.05) is 19.1 Å². The van der Waals surface area contributed by atoms with Gasteiger partial charge in [-0.15, -0.1) is 0 Å². The molecule has 3 aliphatic heterocycles. The Kier molecular flexibility index (Phi) is 7.14. The van der Waals surface area contributed by atoms with Crippen molar-refractivity contribution < 1.29 is 23.5 Å². The predicted octanol–water partition coefficient (Wildman–Crippen LogP) is 5.75. The highest BCUT2D eigenvalue weighted by molar-refractivity contribution is 5.97. The maximum Gasteiger partial charge on any atom is 0.251 e. The molecule has 5 N–H and O–H groups in total. The number of primary amides is 1. The summed E-state index contributed by atoms with van der Waals surface area (Å²) in [5.41, 5.74) is 12.0. The first kappa shape index (κ1) is 30.5. The van der Waals surface area contributed by atoms with Gasteiger partial charge in [-0.25, -0.2) is 4.39 Å². The van der Waals surface area contributed by atoms with Crippen molar-refractivity contribution >= 4 is 23.6 Å². The number of halogens is 1. The molecule has 3 heterocycles. The Labute approximate surface area is 263 Å². The molecule has 2 aromatic carbocycles. The van der Waals surface area contributed by atoms with E-state index >= 15 is 0 Å². The summed E-state index contributed by atoms with van der Waals surface area (Å²) in [5, 5.41) is 10.3. The Morgan fingerprint density at radius 1 is 1.07 bits per heavy atom. The van der Waals surface area contributed by atoms with Crippen LogP contribution in [0.25, 0.3) is 6.08 Å². The first-order chi connectivity index (χ1) is 21.2. The lowest BCUT2D eigenvalue weighted by Crippen LogP contribution is -2.46. The number of rotatable bonds is 7. The lowest BCUT2D eigenvalue weighted by molar-refractivity contribution is -0.125. The third kappa shape index (κ3) is 5.08. The summed E-state index contributed by atoms with van der Waals surface area (Å²) >= 11 is 0. The molecule has 236 valence electrons. The van der Waals surface area contributed by atoms with E-state index in [1.165, 1.54) is 11.6 Å². The molecular weight excluding hydrogens is 571 g/mol. The maximum atomic E-state index is 14.3. The number of amides is 2. The van der Waals surface area contributed by atoms with E-state index in [-0.39, 0.29) is 30.4 Å². The molecule has 4 aliphatic rings. The molecule has 0 aromatic heterocycles. The van der Waals surface area contributed by atoms with Gasteiger partial charge in [-0.3, -0.25) is 9.59 Å². The van der Waals surface area contributed by atoms with Gasteiger partial charge in [0.15, 0.2) is 0 Å². The number of methoxy groups -OCH3 is 1. The number of allylic oxidation sites excluding steroid dienone is 2. The van der Waals surface area contributed by atoms with Crippen molar-refractivity contribution in [1.82, 2.24) is 10.6 Å². The summed E-state index contributed by atoms with van der Waals surface area (Å²) in [7, 11) is 1.60. The molecule has 6 rings (SSSR count). The zero-order valence-electron chi connectivity index (χ0n) is 27.0. The van der Waals surface area contributed by atoms with Crippen LogP contribution in [-0.4, -0.2) is 37.6 Å². The van der Waals surface area contributed by atoms with Crippen molar-refractivity contribution in [3.8, 4) is 5.75 Å². The normalized spacial score (nSPS) is 24.2. The molecule has 9 heteroatoms. The maximum absolute atomic E-state index is 14.3. The molecule has 1 aliphatic carbocycles. The van der Waals surface area contributed by atoms with Crippen LogP contribution >= 0.6 is 0 Å². The number of dihydropyridines is 1. The molecule has 1 unspecified atom stereocenters. The zero-order valence-corrected chi connectivity index (χ0v) is 27.0. The van der Waals surface area contributed by atoms with Crippen LogP contribution in [0.1, 0.15) is 74.5 Å². The van der Waals surface area contributed by atoms with Gasteiger partial charge in [-0.05, 0) is 101 Å². The third-order valence-electron chi connectivity index (χ3n) is 9.84. The van der Waals surface area contributed by atoms with E-state index in [9.17, 15) is 14.0 Å². The fourth-order valence-electron chi connectivity index (χ4n) is 6.34. The van der Waals surface area contributed by atoms with E-state index in [2.05, 4.69) is 42.8 Å². The number of carbonyl (C=O) groups is 2. The average molecular weight is 613 g/mol. The van der Waals surface area contributed by atoms with Gasteiger partial charge in [0.25, 0.3) is 5.91 Å². The van der Waals surface area contributed by atoms with Crippen molar-refractivity contribution in [3.63, 3.8) is 0 Å². The van der Waals surface area contributed by atoms with E-state index in [0.29, 0.717) is 28.2 Å². The smallest absolute Gasteiger partial charge is 0.251 e. The summed E-state index contributed by atoms with van der Waals surface area (Å²) in [5.74, 6) is 0.169. The Morgan fingerprint density at radius 2 is 1.80 bits per heavy atom. The fraction of sp³-hybridized carbons (Fsp3) is 0.389. The lowest BCUT2D eigenvalue weighted by atomic mass is 9.75. The van der Waals surface area contributed by atoms with Gasteiger partial charge in [0.1, 0.15) is 34.9 Å². The van der Waals surface area contributed by atoms with Crippen molar-refractivity contribution in [2.24, 2.45) is 11.1 Å². The molecule has 1 saturated carbocycles. The summed E-state index contributed by atoms with van der Waals surface area (Å²) in [4.78, 5) is 26.4. The van der Waals surface area contributed by atoms with Crippen LogP contribution in [0.5, 0.6) is 5.75 Å². The highest BCUT2D eigenvalue weighted by atomic mass is 19.1. The van der Waals surface area contributed by atoms with Gasteiger partial charge >= 0.3 is 0 Å². The molecule has 2 aromatic rings. The van der Waals surface area contributed by atoms with Crippen molar-refractivity contribution in [1.29, 1.82) is 0 Å². The number of nitrogens with one attached hydrogen (secondary N) is 3. The summed E-state index contributed by atoms with van der Waals surface area (Å²) in [6.07, 6.45) is 5.83. The Balaban J connectivity index is 1.34. The van der Waals surface area contributed by atoms with E-state index in [1.54, 1.807) is 39.2 Å². The molecule has 8 nitrogen and oxygen atoms in total. The summed E-state index contributed by atoms with van der Waals surface area (Å²) in [6.45, 7) is 12.1. The number of benzene rings is 2. The van der Waals surface area contributed by atoms with Crippen LogP contribution in [0, 0.1) is 18.2 Å². The van der Waals surface area contributed by atoms with Gasteiger partial charge in [0.2, 0.25) is 5.91 Å². The number of carbonyl (C=O) groups excluding carboxylic acids is 2. The second-order valence-electron chi connectivity index (χ2n) is 13.5. The Hall–Kier alpha value is -4.53.